The van der Waals surface area contributed by atoms with Gasteiger partial charge < -0.3 is 49.1 Å². The van der Waals surface area contributed by atoms with E-state index in [2.05, 4.69) is 15.4 Å². The zero-order chi connectivity index (χ0) is 46.9. The van der Waals surface area contributed by atoms with Crippen molar-refractivity contribution in [3.05, 3.63) is 54.6 Å². The molecule has 0 radical (unpaired) electrons. The number of likely N-dealkylation sites (N-methyl/N-ethyl adjacent to an activating group) is 1. The summed E-state index contributed by atoms with van der Waals surface area (Å²) in [7, 11) is -0.545. The number of amides is 2. The van der Waals surface area contributed by atoms with Crippen molar-refractivity contribution in [1.82, 2.24) is 20.3 Å². The third kappa shape index (κ3) is 10.4. The lowest BCUT2D eigenvalue weighted by atomic mass is 9.73. The second-order valence-corrected chi connectivity index (χ2v) is 20.4. The normalized spacial score (nSPS) is 38.1. The fourth-order valence-electron chi connectivity index (χ4n) is 10.1. The van der Waals surface area contributed by atoms with Crippen molar-refractivity contribution in [3.63, 3.8) is 0 Å². The Kier molecular flexibility index (Phi) is 15.2. The molecule has 354 valence electrons. The van der Waals surface area contributed by atoms with E-state index in [0.29, 0.717) is 6.42 Å². The van der Waals surface area contributed by atoms with Crippen LogP contribution in [0.1, 0.15) is 74.7 Å². The number of fused-ring (bicyclic) bond motifs is 4. The first-order valence-corrected chi connectivity index (χ1v) is 23.7. The Morgan fingerprint density at radius 1 is 0.906 bits per heavy atom. The molecular formula is C46H66N4O13S. The first-order valence-electron chi connectivity index (χ1n) is 22.2. The summed E-state index contributed by atoms with van der Waals surface area (Å²) in [5.41, 5.74) is -1.42. The SMILES string of the molecule is CC[C@H]1OC(=O)[C@H](C)[C@H]2OCC(NS(=O)(=O)c3ccc(-c4ccccc4)cc3)CNC(=O)O[C@](C)(C[C@@H](C)C(=O)[C@H](C)[C@@H]3NC(=O)O[C@]13C)[C@H](O[C@@H]1O[C@H](C)C[C@H](N(C)C)[C@H]1O)[C@H]2C. The van der Waals surface area contributed by atoms with Gasteiger partial charge in [-0.05, 0) is 84.3 Å². The molecule has 2 aromatic rings. The van der Waals surface area contributed by atoms with Gasteiger partial charge in [-0.3, -0.25) is 9.59 Å². The smallest absolute Gasteiger partial charge is 0.408 e. The molecule has 2 amide bonds. The van der Waals surface area contributed by atoms with Gasteiger partial charge in [0.05, 0.1) is 41.7 Å². The fourth-order valence-corrected chi connectivity index (χ4v) is 11.3. The first-order chi connectivity index (χ1) is 30.1. The van der Waals surface area contributed by atoms with Gasteiger partial charge in [0.1, 0.15) is 29.7 Å². The maximum absolute atomic E-state index is 14.6. The molecule has 15 atom stereocenters. The lowest BCUT2D eigenvalue weighted by Gasteiger charge is -2.48. The maximum atomic E-state index is 14.6. The summed E-state index contributed by atoms with van der Waals surface area (Å²) in [6.45, 7) is 13.0. The van der Waals surface area contributed by atoms with Crippen molar-refractivity contribution in [2.45, 2.75) is 146 Å². The van der Waals surface area contributed by atoms with E-state index in [1.807, 2.05) is 56.3 Å². The topological polar surface area (TPSA) is 217 Å². The lowest BCUT2D eigenvalue weighted by molar-refractivity contribution is -0.299. The number of ether oxygens (including phenoxy) is 6. The van der Waals surface area contributed by atoms with Gasteiger partial charge in [-0.1, -0.05) is 70.2 Å². The number of benzene rings is 2. The molecule has 2 aromatic carbocycles. The Morgan fingerprint density at radius 2 is 1.56 bits per heavy atom. The number of hydrogen-bond donors (Lipinski definition) is 4. The Bertz CT molecular complexity index is 2090. The molecule has 0 saturated carbocycles. The van der Waals surface area contributed by atoms with Gasteiger partial charge in [-0.2, -0.15) is 0 Å². The van der Waals surface area contributed by atoms with Gasteiger partial charge in [-0.15, -0.1) is 0 Å². The molecule has 18 heteroatoms. The molecule has 1 unspecified atom stereocenters. The number of Topliss-reactive ketones (excluding diaryl/α,β-unsaturated/α-hetero) is 1. The number of aliphatic hydroxyl groups is 1. The third-order valence-corrected chi connectivity index (χ3v) is 15.1. The number of carbonyl (C=O) groups is 4. The highest BCUT2D eigenvalue weighted by atomic mass is 32.2. The minimum Gasteiger partial charge on any atom is -0.458 e. The predicted molar refractivity (Wildman–Crippen MR) is 234 cm³/mol. The number of carbonyl (C=O) groups excluding carboxylic acids is 4. The van der Waals surface area contributed by atoms with E-state index >= 15 is 0 Å². The van der Waals surface area contributed by atoms with Crippen molar-refractivity contribution >= 4 is 34.0 Å². The molecule has 0 aliphatic carbocycles. The molecule has 0 aromatic heterocycles. The number of nitrogens with one attached hydrogen (secondary N) is 3. The van der Waals surface area contributed by atoms with Gasteiger partial charge in [0.2, 0.25) is 10.0 Å². The molecule has 64 heavy (non-hydrogen) atoms. The highest BCUT2D eigenvalue weighted by Crippen LogP contribution is 2.42. The molecule has 6 rings (SSSR count). The summed E-state index contributed by atoms with van der Waals surface area (Å²) < 4.78 is 68.8. The highest BCUT2D eigenvalue weighted by molar-refractivity contribution is 7.89. The van der Waals surface area contributed by atoms with Gasteiger partial charge in [-0.25, -0.2) is 22.7 Å². The number of esters is 1. The molecule has 4 aliphatic rings. The second kappa shape index (κ2) is 19.7. The van der Waals surface area contributed by atoms with Crippen LogP contribution in [0.2, 0.25) is 0 Å². The molecule has 4 N–H and O–H groups in total. The molecule has 4 saturated heterocycles. The molecule has 0 spiro atoms. The molecule has 4 heterocycles. The van der Waals surface area contributed by atoms with Gasteiger partial charge in [0, 0.05) is 30.3 Å². The Morgan fingerprint density at radius 3 is 2.20 bits per heavy atom. The lowest BCUT2D eigenvalue weighted by Crippen LogP contribution is -2.61. The summed E-state index contributed by atoms with van der Waals surface area (Å²) in [5.74, 6) is -4.71. The van der Waals surface area contributed by atoms with Crippen molar-refractivity contribution in [1.29, 1.82) is 0 Å². The number of rotatable bonds is 8. The van der Waals surface area contributed by atoms with Crippen LogP contribution in [0.15, 0.2) is 59.5 Å². The van der Waals surface area contributed by atoms with Crippen LogP contribution in [0, 0.1) is 23.7 Å². The predicted octanol–water partition coefficient (Wildman–Crippen LogP) is 4.40. The van der Waals surface area contributed by atoms with E-state index in [9.17, 15) is 32.7 Å². The number of ketones is 1. The minimum absolute atomic E-state index is 0.0267. The summed E-state index contributed by atoms with van der Waals surface area (Å²) >= 11 is 0. The van der Waals surface area contributed by atoms with E-state index in [-0.39, 0.29) is 48.8 Å². The van der Waals surface area contributed by atoms with Crippen molar-refractivity contribution < 1.29 is 61.1 Å². The third-order valence-electron chi connectivity index (χ3n) is 13.5. The number of cyclic esters (lactones) is 1. The van der Waals surface area contributed by atoms with Crippen LogP contribution in [-0.4, -0.2) is 136 Å². The summed E-state index contributed by atoms with van der Waals surface area (Å²) in [4.78, 5) is 57.9. The molecule has 17 nitrogen and oxygen atoms in total. The quantitative estimate of drug-likeness (QED) is 0.213. The van der Waals surface area contributed by atoms with E-state index in [1.54, 1.807) is 60.6 Å². The van der Waals surface area contributed by atoms with Crippen molar-refractivity contribution in [3.8, 4) is 11.1 Å². The number of nitrogens with zero attached hydrogens (tertiary/aromatic N) is 1. The number of sulfonamides is 1. The van der Waals surface area contributed by atoms with E-state index < -0.39 is 106 Å². The Labute approximate surface area is 376 Å². The Balaban J connectivity index is 1.43. The van der Waals surface area contributed by atoms with Crippen molar-refractivity contribution in [2.75, 3.05) is 27.2 Å². The standard InChI is InChI=1S/C46H66N4O13S/c1-11-35-46(8)39(48-44(55)63-46)27(4)36(51)25(2)22-45(7)40(61-42-37(52)34(50(9)10)21-26(3)59-42)28(5)38(29(6)41(53)60-35)58-24-32(23-47-43(54)62-45)49-64(56,57)33-19-17-31(18-20-33)30-15-13-12-14-16-30/h12-20,25-29,32,34-35,37-40,42,49,52H,11,21-24H2,1-10H3,(H,47,54)(H,48,55)/t25-,26-,27+,28+,29-,32?,34+,35-,37-,38+,39+,40-,42+,45-,46-/m1/s1. The Hall–Kier alpha value is -4.17. The van der Waals surface area contributed by atoms with Gasteiger partial charge in [0.25, 0.3) is 0 Å². The maximum Gasteiger partial charge on any atom is 0.408 e. The average molecular weight is 915 g/mol. The van der Waals surface area contributed by atoms with Crippen molar-refractivity contribution in [2.24, 2.45) is 23.7 Å². The summed E-state index contributed by atoms with van der Waals surface area (Å²) in [6.07, 6.45) is -7.25. The average Bonchev–Trinajstić information content (AvgIpc) is 3.56. The van der Waals surface area contributed by atoms with E-state index in [0.717, 1.165) is 11.1 Å². The second-order valence-electron chi connectivity index (χ2n) is 18.7. The largest absolute Gasteiger partial charge is 0.458 e. The first kappa shape index (κ1) is 49.3. The van der Waals surface area contributed by atoms with Gasteiger partial charge in [0.15, 0.2) is 11.9 Å². The van der Waals surface area contributed by atoms with Crippen LogP contribution in [-0.2, 0) is 48.0 Å². The fraction of sp³-hybridized carbons (Fsp3) is 0.652. The number of hydrogen-bond acceptors (Lipinski definition) is 14. The zero-order valence-electron chi connectivity index (χ0n) is 38.4. The molecule has 4 fully saturated rings. The summed E-state index contributed by atoms with van der Waals surface area (Å²) in [5, 5.41) is 17.2. The minimum atomic E-state index is -4.22. The van der Waals surface area contributed by atoms with Crippen LogP contribution < -0.4 is 15.4 Å². The van der Waals surface area contributed by atoms with Crippen LogP contribution in [0.3, 0.4) is 0 Å². The monoisotopic (exact) mass is 914 g/mol. The van der Waals surface area contributed by atoms with E-state index in [4.69, 9.17) is 28.4 Å². The number of aliphatic hydroxyl groups excluding tert-OH is 1. The van der Waals surface area contributed by atoms with Crippen LogP contribution in [0.4, 0.5) is 9.59 Å². The zero-order valence-corrected chi connectivity index (χ0v) is 39.3. The van der Waals surface area contributed by atoms with Crippen LogP contribution in [0.25, 0.3) is 11.1 Å². The molecule has 4 aliphatic heterocycles. The molecule has 2 bridgehead atoms. The van der Waals surface area contributed by atoms with Crippen LogP contribution >= 0.6 is 0 Å². The number of alkyl carbamates (subject to hydrolysis) is 2. The molecular weight excluding hydrogens is 849 g/mol. The highest BCUT2D eigenvalue weighted by Gasteiger charge is 2.58. The van der Waals surface area contributed by atoms with Gasteiger partial charge >= 0.3 is 18.2 Å². The summed E-state index contributed by atoms with van der Waals surface area (Å²) in [6, 6.07) is 13.5. The van der Waals surface area contributed by atoms with E-state index in [1.165, 1.54) is 12.1 Å². The van der Waals surface area contributed by atoms with Crippen LogP contribution in [0.5, 0.6) is 0 Å².